The van der Waals surface area contributed by atoms with Crippen LogP contribution >= 0.6 is 11.3 Å². The lowest BCUT2D eigenvalue weighted by Crippen LogP contribution is -2.30. The molecule has 1 aromatic heterocycles. The molecule has 1 amide bonds. The highest BCUT2D eigenvalue weighted by Crippen LogP contribution is 2.32. The molecule has 0 radical (unpaired) electrons. The Labute approximate surface area is 123 Å². The second kappa shape index (κ2) is 5.94. The zero-order valence-corrected chi connectivity index (χ0v) is 12.3. The summed E-state index contributed by atoms with van der Waals surface area (Å²) < 4.78 is 1.16. The Kier molecular flexibility index (Phi) is 4.03. The number of carbonyl (C=O) groups excluding carboxylic acids is 1. The lowest BCUT2D eigenvalue weighted by molar-refractivity contribution is 0.100. The molecule has 1 aliphatic heterocycles. The van der Waals surface area contributed by atoms with Crippen molar-refractivity contribution >= 4 is 27.3 Å². The Balaban J connectivity index is 1.95. The molecular weight excluding hydrogens is 268 g/mol. The number of benzene rings is 1. The van der Waals surface area contributed by atoms with Gasteiger partial charge in [0.1, 0.15) is 0 Å². The van der Waals surface area contributed by atoms with Crippen molar-refractivity contribution in [1.29, 1.82) is 0 Å². The van der Waals surface area contributed by atoms with Crippen molar-refractivity contribution in [3.63, 3.8) is 0 Å². The standard InChI is InChI=1S/C16H20N2OS/c17-16(19)15-13(10-11-6-2-1-5-9-18-11)12-7-3-4-8-14(12)20-15/h3-4,7-8,11,18H,1-2,5-6,9-10H2,(H2,17,19). The molecular formula is C16H20N2OS. The molecule has 0 aliphatic carbocycles. The molecule has 3 nitrogen and oxygen atoms in total. The first-order valence-corrected chi connectivity index (χ1v) is 8.11. The van der Waals surface area contributed by atoms with Crippen molar-refractivity contribution in [3.05, 3.63) is 34.7 Å². The zero-order chi connectivity index (χ0) is 13.9. The van der Waals surface area contributed by atoms with E-state index in [0.717, 1.165) is 28.1 Å². The molecule has 106 valence electrons. The van der Waals surface area contributed by atoms with Gasteiger partial charge in [0, 0.05) is 10.7 Å². The molecule has 1 saturated heterocycles. The van der Waals surface area contributed by atoms with E-state index in [2.05, 4.69) is 17.4 Å². The monoisotopic (exact) mass is 288 g/mol. The second-order valence-corrected chi connectivity index (χ2v) is 6.53. The number of primary amides is 1. The SMILES string of the molecule is NC(=O)c1sc2ccccc2c1CC1CCCCCN1. The summed E-state index contributed by atoms with van der Waals surface area (Å²) in [5.41, 5.74) is 6.70. The van der Waals surface area contributed by atoms with Gasteiger partial charge in [-0.2, -0.15) is 0 Å². The molecule has 3 rings (SSSR count). The maximum absolute atomic E-state index is 11.7. The summed E-state index contributed by atoms with van der Waals surface area (Å²) in [6.45, 7) is 1.08. The molecule has 1 aliphatic rings. The molecule has 4 heteroatoms. The van der Waals surface area contributed by atoms with Gasteiger partial charge in [-0.3, -0.25) is 4.79 Å². The Morgan fingerprint density at radius 1 is 1.30 bits per heavy atom. The molecule has 20 heavy (non-hydrogen) atoms. The summed E-state index contributed by atoms with van der Waals surface area (Å²) in [4.78, 5) is 12.4. The summed E-state index contributed by atoms with van der Waals surface area (Å²) >= 11 is 1.52. The van der Waals surface area contributed by atoms with Crippen LogP contribution in [-0.4, -0.2) is 18.5 Å². The number of hydrogen-bond donors (Lipinski definition) is 2. The average molecular weight is 288 g/mol. The third-order valence-corrected chi connectivity index (χ3v) is 5.26. The van der Waals surface area contributed by atoms with E-state index in [1.165, 1.54) is 42.4 Å². The van der Waals surface area contributed by atoms with Crippen molar-refractivity contribution in [2.24, 2.45) is 5.73 Å². The van der Waals surface area contributed by atoms with E-state index < -0.39 is 0 Å². The molecule has 1 aromatic carbocycles. The predicted octanol–water partition coefficient (Wildman–Crippen LogP) is 3.07. The lowest BCUT2D eigenvalue weighted by Gasteiger charge is -2.16. The first-order chi connectivity index (χ1) is 9.75. The van der Waals surface area contributed by atoms with Crippen LogP contribution in [0.5, 0.6) is 0 Å². The molecule has 1 atom stereocenters. The summed E-state index contributed by atoms with van der Waals surface area (Å²) in [6, 6.07) is 8.68. The van der Waals surface area contributed by atoms with Gasteiger partial charge in [-0.05, 0) is 42.8 Å². The van der Waals surface area contributed by atoms with Crippen LogP contribution < -0.4 is 11.1 Å². The molecule has 3 N–H and O–H groups in total. The van der Waals surface area contributed by atoms with Crippen LogP contribution in [0.4, 0.5) is 0 Å². The highest BCUT2D eigenvalue weighted by Gasteiger charge is 2.20. The van der Waals surface area contributed by atoms with Crippen molar-refractivity contribution in [1.82, 2.24) is 5.32 Å². The van der Waals surface area contributed by atoms with Crippen LogP contribution in [0, 0.1) is 0 Å². The van der Waals surface area contributed by atoms with Gasteiger partial charge in [-0.25, -0.2) is 0 Å². The first-order valence-electron chi connectivity index (χ1n) is 7.29. The van der Waals surface area contributed by atoms with Gasteiger partial charge in [0.25, 0.3) is 5.91 Å². The molecule has 1 fully saturated rings. The van der Waals surface area contributed by atoms with Crippen LogP contribution in [0.1, 0.15) is 40.9 Å². The highest BCUT2D eigenvalue weighted by atomic mass is 32.1. The summed E-state index contributed by atoms with van der Waals surface area (Å²) in [7, 11) is 0. The number of fused-ring (bicyclic) bond motifs is 1. The van der Waals surface area contributed by atoms with E-state index in [4.69, 9.17) is 5.73 Å². The Morgan fingerprint density at radius 2 is 2.15 bits per heavy atom. The van der Waals surface area contributed by atoms with Crippen molar-refractivity contribution in [3.8, 4) is 0 Å². The van der Waals surface area contributed by atoms with Gasteiger partial charge in [0.15, 0.2) is 0 Å². The van der Waals surface area contributed by atoms with E-state index in [1.54, 1.807) is 0 Å². The van der Waals surface area contributed by atoms with Crippen molar-refractivity contribution in [2.45, 2.75) is 38.1 Å². The fourth-order valence-corrected chi connectivity index (χ4v) is 4.11. The molecule has 0 saturated carbocycles. The van der Waals surface area contributed by atoms with Crippen molar-refractivity contribution in [2.75, 3.05) is 6.54 Å². The Morgan fingerprint density at radius 3 is 3.00 bits per heavy atom. The number of rotatable bonds is 3. The van der Waals surface area contributed by atoms with Crippen LogP contribution in [-0.2, 0) is 6.42 Å². The smallest absolute Gasteiger partial charge is 0.259 e. The number of thiophene rings is 1. The van der Waals surface area contributed by atoms with Gasteiger partial charge in [-0.15, -0.1) is 11.3 Å². The quantitative estimate of drug-likeness (QED) is 0.912. The number of amides is 1. The Bertz CT molecular complexity index is 612. The molecule has 2 aromatic rings. The van der Waals surface area contributed by atoms with Gasteiger partial charge in [0.2, 0.25) is 0 Å². The van der Waals surface area contributed by atoms with Gasteiger partial charge in [-0.1, -0.05) is 31.0 Å². The minimum atomic E-state index is -0.296. The second-order valence-electron chi connectivity index (χ2n) is 5.47. The molecule has 1 unspecified atom stereocenters. The summed E-state index contributed by atoms with van der Waals surface area (Å²) in [5, 5.41) is 4.80. The fraction of sp³-hybridized carbons (Fsp3) is 0.438. The zero-order valence-electron chi connectivity index (χ0n) is 11.5. The highest BCUT2D eigenvalue weighted by molar-refractivity contribution is 7.21. The van der Waals surface area contributed by atoms with Gasteiger partial charge in [0.05, 0.1) is 4.88 Å². The molecule has 0 spiro atoms. The van der Waals surface area contributed by atoms with Gasteiger partial charge >= 0.3 is 0 Å². The molecule has 2 heterocycles. The van der Waals surface area contributed by atoms with Crippen LogP contribution in [0.15, 0.2) is 24.3 Å². The van der Waals surface area contributed by atoms with E-state index in [-0.39, 0.29) is 5.91 Å². The molecule has 0 bridgehead atoms. The van der Waals surface area contributed by atoms with E-state index in [0.29, 0.717) is 6.04 Å². The largest absolute Gasteiger partial charge is 0.365 e. The van der Waals surface area contributed by atoms with E-state index in [9.17, 15) is 4.79 Å². The van der Waals surface area contributed by atoms with Crippen LogP contribution in [0.3, 0.4) is 0 Å². The number of hydrogen-bond acceptors (Lipinski definition) is 3. The Hall–Kier alpha value is -1.39. The third kappa shape index (κ3) is 2.72. The summed E-state index contributed by atoms with van der Waals surface area (Å²) in [5.74, 6) is -0.296. The number of nitrogens with two attached hydrogens (primary N) is 1. The predicted molar refractivity (Wildman–Crippen MR) is 84.3 cm³/mol. The van der Waals surface area contributed by atoms with Gasteiger partial charge < -0.3 is 11.1 Å². The normalized spacial score (nSPS) is 19.9. The number of carbonyl (C=O) groups is 1. The number of nitrogens with one attached hydrogen (secondary N) is 1. The van der Waals surface area contributed by atoms with E-state index >= 15 is 0 Å². The summed E-state index contributed by atoms with van der Waals surface area (Å²) in [6.07, 6.45) is 5.91. The maximum Gasteiger partial charge on any atom is 0.259 e. The van der Waals surface area contributed by atoms with Crippen LogP contribution in [0.25, 0.3) is 10.1 Å². The minimum absolute atomic E-state index is 0.296. The van der Waals surface area contributed by atoms with E-state index in [1.807, 2.05) is 12.1 Å². The lowest BCUT2D eigenvalue weighted by atomic mass is 9.99. The van der Waals surface area contributed by atoms with Crippen molar-refractivity contribution < 1.29 is 4.79 Å². The third-order valence-electron chi connectivity index (χ3n) is 4.03. The maximum atomic E-state index is 11.7. The van der Waals surface area contributed by atoms with Crippen LogP contribution in [0.2, 0.25) is 0 Å². The minimum Gasteiger partial charge on any atom is -0.365 e. The topological polar surface area (TPSA) is 55.1 Å². The fourth-order valence-electron chi connectivity index (χ4n) is 3.02. The first kappa shape index (κ1) is 13.6. The average Bonchev–Trinajstić information content (AvgIpc) is 2.62.